The number of aliphatic hydroxyl groups is 2. The van der Waals surface area contributed by atoms with Crippen molar-refractivity contribution >= 4 is 11.8 Å². The lowest BCUT2D eigenvalue weighted by molar-refractivity contribution is -0.236. The number of aliphatic hydroxyl groups excluding tert-OH is 2. The lowest BCUT2D eigenvalue weighted by Crippen LogP contribution is -2.68. The van der Waals surface area contributed by atoms with E-state index in [9.17, 15) is 19.8 Å². The molecular weight excluding hydrogens is 478 g/mol. The number of ether oxygens (including phenoxy) is 1. The lowest BCUT2D eigenvalue weighted by atomic mass is 9.36. The van der Waals surface area contributed by atoms with Crippen molar-refractivity contribution < 1.29 is 24.5 Å². The Balaban J connectivity index is 1.87. The molecule has 4 aliphatic rings. The highest BCUT2D eigenvalue weighted by atomic mass is 16.5. The monoisotopic (exact) mass is 527 g/mol. The zero-order valence-electron chi connectivity index (χ0n) is 24.6. The summed E-state index contributed by atoms with van der Waals surface area (Å²) in [5, 5.41) is 22.8. The minimum atomic E-state index is -0.582. The highest BCUT2D eigenvalue weighted by Crippen LogP contribution is 2.74. The second kappa shape index (κ2) is 10.0. The minimum Gasteiger partial charge on any atom is -0.458 e. The van der Waals surface area contributed by atoms with E-state index in [1.807, 2.05) is 32.1 Å². The van der Waals surface area contributed by atoms with Gasteiger partial charge in [-0.05, 0) is 98.4 Å². The van der Waals surface area contributed by atoms with Crippen LogP contribution in [-0.4, -0.2) is 46.3 Å². The topological polar surface area (TPSA) is 110 Å². The molecule has 0 amide bonds. The van der Waals surface area contributed by atoms with E-state index < -0.39 is 18.3 Å². The Morgan fingerprint density at radius 3 is 2.29 bits per heavy atom. The highest BCUT2D eigenvalue weighted by molar-refractivity contribution is 5.97. The molecule has 212 valence electrons. The van der Waals surface area contributed by atoms with Crippen LogP contribution < -0.4 is 5.73 Å². The number of nitrogens with two attached hydrogens (primary N) is 1. The molecule has 0 aliphatic heterocycles. The molecule has 6 heteroatoms. The molecule has 11 atom stereocenters. The first kappa shape index (κ1) is 29.2. The van der Waals surface area contributed by atoms with E-state index in [2.05, 4.69) is 27.7 Å². The fraction of sp³-hybridized carbons (Fsp3) is 0.750. The average molecular weight is 528 g/mol. The first-order chi connectivity index (χ1) is 17.6. The van der Waals surface area contributed by atoms with Gasteiger partial charge in [0.2, 0.25) is 0 Å². The molecule has 4 rings (SSSR count). The Morgan fingerprint density at radius 1 is 1.05 bits per heavy atom. The molecule has 6 nitrogen and oxygen atoms in total. The molecule has 4 aliphatic carbocycles. The fourth-order valence-electron chi connectivity index (χ4n) is 9.82. The first-order valence-corrected chi connectivity index (χ1v) is 14.4. The van der Waals surface area contributed by atoms with Crippen LogP contribution >= 0.6 is 0 Å². The number of rotatable bonds is 4. The van der Waals surface area contributed by atoms with Crippen molar-refractivity contribution in [2.24, 2.45) is 45.7 Å². The second-order valence-electron chi connectivity index (χ2n) is 13.9. The number of Topliss-reactive ketones (excluding diaryl/α,β-unsaturated/α-hetero) is 1. The Labute approximate surface area is 228 Å². The molecule has 0 bridgehead atoms. The van der Waals surface area contributed by atoms with Gasteiger partial charge in [-0.1, -0.05) is 51.5 Å². The Bertz CT molecular complexity index is 1070. The van der Waals surface area contributed by atoms with Gasteiger partial charge in [0.25, 0.3) is 0 Å². The molecule has 0 saturated heterocycles. The van der Waals surface area contributed by atoms with Crippen LogP contribution in [0.25, 0.3) is 0 Å². The Hall–Kier alpha value is -1.76. The molecule has 0 aromatic rings. The molecule has 4 N–H and O–H groups in total. The molecular formula is C32H49NO5. The summed E-state index contributed by atoms with van der Waals surface area (Å²) >= 11 is 0. The molecule has 0 spiro atoms. The van der Waals surface area contributed by atoms with Crippen molar-refractivity contribution in [2.75, 3.05) is 0 Å². The number of ketones is 1. The maximum Gasteiger partial charge on any atom is 0.303 e. The molecule has 4 fully saturated rings. The summed E-state index contributed by atoms with van der Waals surface area (Å²) in [5.41, 5.74) is 8.33. The third kappa shape index (κ3) is 4.35. The van der Waals surface area contributed by atoms with Crippen LogP contribution in [0.5, 0.6) is 0 Å². The van der Waals surface area contributed by atoms with E-state index in [0.717, 1.165) is 24.0 Å². The number of carbonyl (C=O) groups is 2. The van der Waals surface area contributed by atoms with Gasteiger partial charge in [-0.25, -0.2) is 0 Å². The smallest absolute Gasteiger partial charge is 0.303 e. The molecule has 38 heavy (non-hydrogen) atoms. The number of hydrogen-bond acceptors (Lipinski definition) is 6. The van der Waals surface area contributed by atoms with Crippen molar-refractivity contribution in [1.29, 1.82) is 0 Å². The van der Waals surface area contributed by atoms with Crippen molar-refractivity contribution in [3.63, 3.8) is 0 Å². The predicted octanol–water partition coefficient (Wildman–Crippen LogP) is 4.88. The van der Waals surface area contributed by atoms with Crippen LogP contribution in [0.15, 0.2) is 34.9 Å². The molecule has 0 aromatic heterocycles. The van der Waals surface area contributed by atoms with Crippen LogP contribution in [0.3, 0.4) is 0 Å². The van der Waals surface area contributed by atoms with Gasteiger partial charge in [-0.2, -0.15) is 0 Å². The largest absolute Gasteiger partial charge is 0.458 e. The summed E-state index contributed by atoms with van der Waals surface area (Å²) in [6.45, 7) is 16.0. The van der Waals surface area contributed by atoms with Crippen LogP contribution in [-0.2, 0) is 14.3 Å². The van der Waals surface area contributed by atoms with E-state index in [4.69, 9.17) is 10.5 Å². The van der Waals surface area contributed by atoms with Crippen molar-refractivity contribution in [3.8, 4) is 0 Å². The molecule has 0 unspecified atom stereocenters. The summed E-state index contributed by atoms with van der Waals surface area (Å²) in [6.07, 6.45) is 7.81. The van der Waals surface area contributed by atoms with Crippen molar-refractivity contribution in [2.45, 2.75) is 112 Å². The zero-order valence-corrected chi connectivity index (χ0v) is 24.6. The maximum atomic E-state index is 13.0. The summed E-state index contributed by atoms with van der Waals surface area (Å²) in [6, 6.07) is -0.316. The predicted molar refractivity (Wildman–Crippen MR) is 149 cm³/mol. The summed E-state index contributed by atoms with van der Waals surface area (Å²) in [5.74, 6) is -0.147. The molecule has 0 aromatic carbocycles. The summed E-state index contributed by atoms with van der Waals surface area (Å²) in [4.78, 5) is 25.3. The quantitative estimate of drug-likeness (QED) is 0.273. The van der Waals surface area contributed by atoms with E-state index >= 15 is 0 Å². The Kier molecular flexibility index (Phi) is 7.70. The number of allylic oxidation sites excluding steroid dienone is 5. The first-order valence-electron chi connectivity index (χ1n) is 14.4. The summed E-state index contributed by atoms with van der Waals surface area (Å²) < 4.78 is 5.95. The van der Waals surface area contributed by atoms with E-state index in [-0.39, 0.29) is 57.7 Å². The zero-order chi connectivity index (χ0) is 28.4. The van der Waals surface area contributed by atoms with Gasteiger partial charge in [-0.3, -0.25) is 9.59 Å². The van der Waals surface area contributed by atoms with E-state index in [1.165, 1.54) is 6.92 Å². The number of esters is 1. The average Bonchev–Trinajstić information content (AvgIpc) is 3.06. The van der Waals surface area contributed by atoms with Gasteiger partial charge in [0.1, 0.15) is 6.10 Å². The SMILES string of the molecule is CC(=O)O[C@H]1C[C@@]2(C)[C@@H](C[C@@H](O)[C@H]3[C@@]4(C)C[C@@H](N)[C@@H](O)[C@@H](C)[C@@H]4CC[C@@]32C)/C1=C(\C=C/C=C(C)C)C(C)=O. The maximum absolute atomic E-state index is 13.0. The van der Waals surface area contributed by atoms with Gasteiger partial charge < -0.3 is 20.7 Å². The Morgan fingerprint density at radius 2 is 1.71 bits per heavy atom. The van der Waals surface area contributed by atoms with E-state index in [1.54, 1.807) is 6.92 Å². The van der Waals surface area contributed by atoms with Crippen LogP contribution in [0.2, 0.25) is 0 Å². The lowest BCUT2D eigenvalue weighted by Gasteiger charge is -2.69. The fourth-order valence-corrected chi connectivity index (χ4v) is 9.82. The number of hydrogen-bond donors (Lipinski definition) is 3. The third-order valence-corrected chi connectivity index (χ3v) is 11.5. The summed E-state index contributed by atoms with van der Waals surface area (Å²) in [7, 11) is 0. The molecule has 0 radical (unpaired) electrons. The molecule has 0 heterocycles. The van der Waals surface area contributed by atoms with Crippen LogP contribution in [0.1, 0.15) is 87.5 Å². The van der Waals surface area contributed by atoms with Crippen molar-refractivity contribution in [3.05, 3.63) is 34.9 Å². The number of fused-ring (bicyclic) bond motifs is 5. The van der Waals surface area contributed by atoms with Gasteiger partial charge in [0, 0.05) is 18.5 Å². The van der Waals surface area contributed by atoms with Crippen LogP contribution in [0, 0.1) is 39.9 Å². The minimum absolute atomic E-state index is 0.00433. The normalized spacial score (nSPS) is 47.6. The van der Waals surface area contributed by atoms with Gasteiger partial charge in [-0.15, -0.1) is 0 Å². The standard InChI is InChI=1S/C32H49NO5/c1-17(2)10-9-11-21(19(4)34)27-23-14-25(36)29-30(6)15-24(33)28(37)18(3)22(30)12-13-31(29,7)32(23,8)16-26(27)38-20(5)35/h9-11,18,22-26,28-29,36-37H,12-16,33H2,1-8H3/b11-9-,27-21-/t18-,22-,23-,24+,25+,26-,28-,29-,30-,31-,32-/m0/s1. The molecule has 4 saturated carbocycles. The highest BCUT2D eigenvalue weighted by Gasteiger charge is 2.71. The van der Waals surface area contributed by atoms with Crippen LogP contribution in [0.4, 0.5) is 0 Å². The van der Waals surface area contributed by atoms with Gasteiger partial charge in [0.05, 0.1) is 12.2 Å². The number of carbonyl (C=O) groups excluding carboxylic acids is 2. The third-order valence-electron chi connectivity index (χ3n) is 11.5. The second-order valence-corrected chi connectivity index (χ2v) is 13.9. The van der Waals surface area contributed by atoms with Crippen molar-refractivity contribution in [1.82, 2.24) is 0 Å². The van der Waals surface area contributed by atoms with E-state index in [0.29, 0.717) is 24.8 Å². The van der Waals surface area contributed by atoms with Gasteiger partial charge in [0.15, 0.2) is 5.78 Å². The van der Waals surface area contributed by atoms with Gasteiger partial charge >= 0.3 is 5.97 Å².